The smallest absolute Gasteiger partial charge is 0.267 e. The molecule has 1 N–H and O–H groups in total. The predicted molar refractivity (Wildman–Crippen MR) is 109 cm³/mol. The van der Waals surface area contributed by atoms with E-state index in [4.69, 9.17) is 9.47 Å². The number of nitrogens with zero attached hydrogens (tertiary/aromatic N) is 2. The fraction of sp³-hybridized carbons (Fsp3) is 0.227. The highest BCUT2D eigenvalue weighted by molar-refractivity contribution is 5.93. The van der Waals surface area contributed by atoms with Crippen LogP contribution in [-0.4, -0.2) is 22.5 Å². The van der Waals surface area contributed by atoms with Crippen molar-refractivity contribution in [1.82, 2.24) is 9.78 Å². The third-order valence-electron chi connectivity index (χ3n) is 5.01. The van der Waals surface area contributed by atoms with Crippen LogP contribution in [-0.2, 0) is 4.79 Å². The number of carbonyl (C=O) groups excluding carboxylic acids is 1. The zero-order chi connectivity index (χ0) is 20.5. The van der Waals surface area contributed by atoms with Gasteiger partial charge in [0.25, 0.3) is 5.56 Å². The quantitative estimate of drug-likeness (QED) is 0.737. The molecule has 0 bridgehead atoms. The summed E-state index contributed by atoms with van der Waals surface area (Å²) in [7, 11) is 0. The maximum Gasteiger partial charge on any atom is 0.267 e. The lowest BCUT2D eigenvalue weighted by atomic mass is 10.1. The largest absolute Gasteiger partial charge is 0.454 e. The average molecular weight is 391 g/mol. The van der Waals surface area contributed by atoms with Crippen LogP contribution in [0.5, 0.6) is 11.5 Å². The van der Waals surface area contributed by atoms with Gasteiger partial charge in [0, 0.05) is 17.3 Å². The maximum atomic E-state index is 12.7. The van der Waals surface area contributed by atoms with Crippen molar-refractivity contribution in [2.45, 2.75) is 26.8 Å². The monoisotopic (exact) mass is 391 g/mol. The van der Waals surface area contributed by atoms with Gasteiger partial charge in [0.05, 0.1) is 5.69 Å². The topological polar surface area (TPSA) is 82.5 Å². The summed E-state index contributed by atoms with van der Waals surface area (Å²) in [5.41, 5.74) is 3.89. The summed E-state index contributed by atoms with van der Waals surface area (Å²) in [6.45, 7) is 5.82. The Kier molecular flexibility index (Phi) is 4.80. The first-order valence-electron chi connectivity index (χ1n) is 9.30. The highest BCUT2D eigenvalue weighted by atomic mass is 16.7. The molecule has 29 heavy (non-hydrogen) atoms. The van der Waals surface area contributed by atoms with E-state index in [0.717, 1.165) is 16.7 Å². The van der Waals surface area contributed by atoms with Crippen molar-refractivity contribution in [2.24, 2.45) is 0 Å². The Morgan fingerprint density at radius 3 is 2.62 bits per heavy atom. The molecule has 0 aliphatic carbocycles. The summed E-state index contributed by atoms with van der Waals surface area (Å²) in [5.74, 6) is 0.983. The summed E-state index contributed by atoms with van der Waals surface area (Å²) >= 11 is 0. The Labute approximate surface area is 167 Å². The van der Waals surface area contributed by atoms with Gasteiger partial charge in [-0.3, -0.25) is 9.59 Å². The third kappa shape index (κ3) is 3.71. The maximum absolute atomic E-state index is 12.7. The van der Waals surface area contributed by atoms with Gasteiger partial charge in [0.2, 0.25) is 12.7 Å². The van der Waals surface area contributed by atoms with Crippen LogP contribution >= 0.6 is 0 Å². The first-order valence-corrected chi connectivity index (χ1v) is 9.30. The van der Waals surface area contributed by atoms with Gasteiger partial charge in [-0.15, -0.1) is 0 Å². The van der Waals surface area contributed by atoms with Gasteiger partial charge in [-0.1, -0.05) is 6.07 Å². The van der Waals surface area contributed by atoms with Crippen molar-refractivity contribution >= 4 is 11.6 Å². The molecule has 1 amide bonds. The van der Waals surface area contributed by atoms with E-state index in [1.54, 1.807) is 25.1 Å². The molecule has 0 saturated carbocycles. The van der Waals surface area contributed by atoms with E-state index < -0.39 is 6.04 Å². The molecular weight excluding hydrogens is 370 g/mol. The molecule has 1 unspecified atom stereocenters. The number of hydrogen-bond acceptors (Lipinski definition) is 5. The number of benzene rings is 2. The number of aryl methyl sites for hydroxylation is 2. The lowest BCUT2D eigenvalue weighted by Gasteiger charge is -2.15. The van der Waals surface area contributed by atoms with Crippen molar-refractivity contribution in [3.8, 4) is 22.8 Å². The van der Waals surface area contributed by atoms with Crippen molar-refractivity contribution < 1.29 is 14.3 Å². The minimum atomic E-state index is -0.780. The van der Waals surface area contributed by atoms with E-state index in [1.807, 2.05) is 38.1 Å². The molecule has 1 aliphatic rings. The first kappa shape index (κ1) is 18.7. The summed E-state index contributed by atoms with van der Waals surface area (Å²) in [4.78, 5) is 25.1. The number of aromatic nitrogens is 2. The number of ether oxygens (including phenoxy) is 2. The Morgan fingerprint density at radius 2 is 1.83 bits per heavy atom. The highest BCUT2D eigenvalue weighted by Crippen LogP contribution is 2.35. The minimum Gasteiger partial charge on any atom is -0.454 e. The summed E-state index contributed by atoms with van der Waals surface area (Å²) in [6, 6.07) is 13.4. The van der Waals surface area contributed by atoms with Gasteiger partial charge >= 0.3 is 0 Å². The molecule has 7 nitrogen and oxygen atoms in total. The molecule has 2 aromatic carbocycles. The number of anilines is 1. The second-order valence-electron chi connectivity index (χ2n) is 7.03. The van der Waals surface area contributed by atoms with Crippen LogP contribution in [0.3, 0.4) is 0 Å². The molecule has 2 heterocycles. The van der Waals surface area contributed by atoms with Crippen molar-refractivity contribution in [3.63, 3.8) is 0 Å². The predicted octanol–water partition coefficient (Wildman–Crippen LogP) is 3.46. The van der Waals surface area contributed by atoms with Crippen molar-refractivity contribution in [1.29, 1.82) is 0 Å². The second-order valence-corrected chi connectivity index (χ2v) is 7.03. The van der Waals surface area contributed by atoms with E-state index in [1.165, 1.54) is 10.7 Å². The van der Waals surface area contributed by atoms with E-state index in [0.29, 0.717) is 22.9 Å². The number of fused-ring (bicyclic) bond motifs is 1. The van der Waals surface area contributed by atoms with Gasteiger partial charge in [-0.25, -0.2) is 4.68 Å². The van der Waals surface area contributed by atoms with Gasteiger partial charge in [0.1, 0.15) is 6.04 Å². The fourth-order valence-corrected chi connectivity index (χ4v) is 3.09. The second kappa shape index (κ2) is 7.43. The molecule has 0 radical (unpaired) electrons. The molecule has 148 valence electrons. The van der Waals surface area contributed by atoms with Crippen LogP contribution in [0.25, 0.3) is 11.3 Å². The van der Waals surface area contributed by atoms with Crippen LogP contribution < -0.4 is 20.3 Å². The van der Waals surface area contributed by atoms with Gasteiger partial charge in [0.15, 0.2) is 11.5 Å². The zero-order valence-corrected chi connectivity index (χ0v) is 16.4. The summed E-state index contributed by atoms with van der Waals surface area (Å²) in [6.07, 6.45) is 0. The van der Waals surface area contributed by atoms with Crippen LogP contribution in [0.15, 0.2) is 53.3 Å². The van der Waals surface area contributed by atoms with Gasteiger partial charge < -0.3 is 14.8 Å². The van der Waals surface area contributed by atoms with Crippen LogP contribution in [0.1, 0.15) is 24.1 Å². The number of amides is 1. The lowest BCUT2D eigenvalue weighted by molar-refractivity contribution is -0.119. The van der Waals surface area contributed by atoms with Crippen LogP contribution in [0, 0.1) is 13.8 Å². The van der Waals surface area contributed by atoms with Crippen molar-refractivity contribution in [2.75, 3.05) is 12.1 Å². The summed E-state index contributed by atoms with van der Waals surface area (Å²) < 4.78 is 11.9. The number of carbonyl (C=O) groups is 1. The Hall–Kier alpha value is -3.61. The SMILES string of the molecule is Cc1ccc(NC(=O)C(C)n2nc(-c3ccc4c(c3)OCO4)ccc2=O)cc1C. The average Bonchev–Trinajstić information content (AvgIpc) is 3.18. The third-order valence-corrected chi connectivity index (χ3v) is 5.01. The van der Waals surface area contributed by atoms with E-state index in [-0.39, 0.29) is 18.3 Å². The minimum absolute atomic E-state index is 0.182. The first-order chi connectivity index (χ1) is 13.9. The van der Waals surface area contributed by atoms with Crippen LogP contribution in [0.2, 0.25) is 0 Å². The van der Waals surface area contributed by atoms with Gasteiger partial charge in [-0.2, -0.15) is 5.10 Å². The van der Waals surface area contributed by atoms with Gasteiger partial charge in [-0.05, 0) is 68.3 Å². The molecule has 1 atom stereocenters. The Bertz CT molecular complexity index is 1150. The zero-order valence-electron chi connectivity index (χ0n) is 16.4. The molecule has 7 heteroatoms. The number of hydrogen-bond donors (Lipinski definition) is 1. The molecule has 0 fully saturated rings. The Morgan fingerprint density at radius 1 is 1.03 bits per heavy atom. The molecule has 4 rings (SSSR count). The molecule has 3 aromatic rings. The normalized spacial score (nSPS) is 13.2. The highest BCUT2D eigenvalue weighted by Gasteiger charge is 2.19. The van der Waals surface area contributed by atoms with E-state index in [9.17, 15) is 9.59 Å². The van der Waals surface area contributed by atoms with E-state index >= 15 is 0 Å². The Balaban J connectivity index is 1.60. The molecule has 0 spiro atoms. The molecule has 0 saturated heterocycles. The molecular formula is C22H21N3O4. The molecule has 1 aromatic heterocycles. The van der Waals surface area contributed by atoms with E-state index in [2.05, 4.69) is 10.4 Å². The molecule has 1 aliphatic heterocycles. The fourth-order valence-electron chi connectivity index (χ4n) is 3.09. The lowest BCUT2D eigenvalue weighted by Crippen LogP contribution is -2.33. The standard InChI is InChI=1S/C22H21N3O4/c1-13-4-6-17(10-14(13)2)23-22(27)15(3)25-21(26)9-7-18(24-25)16-5-8-19-20(11-16)29-12-28-19/h4-11,15H,12H2,1-3H3,(H,23,27). The number of nitrogens with one attached hydrogen (secondary N) is 1. The van der Waals surface area contributed by atoms with Crippen LogP contribution in [0.4, 0.5) is 5.69 Å². The summed E-state index contributed by atoms with van der Waals surface area (Å²) in [5, 5.41) is 7.26. The van der Waals surface area contributed by atoms with Crippen molar-refractivity contribution in [3.05, 3.63) is 70.0 Å². The number of rotatable bonds is 4.